The predicted octanol–water partition coefficient (Wildman–Crippen LogP) is 1.37. The number of aromatic nitrogens is 2. The second-order valence-corrected chi connectivity index (χ2v) is 4.09. The van der Waals surface area contributed by atoms with Gasteiger partial charge < -0.3 is 15.4 Å². The van der Waals surface area contributed by atoms with Gasteiger partial charge in [-0.1, -0.05) is 6.92 Å². The average molecular weight is 266 g/mol. The molecule has 0 bridgehead atoms. The van der Waals surface area contributed by atoms with Crippen LogP contribution in [-0.4, -0.2) is 42.2 Å². The van der Waals surface area contributed by atoms with E-state index in [2.05, 4.69) is 27.5 Å². The highest BCUT2D eigenvalue weighted by Crippen LogP contribution is 2.08. The Kier molecular flexibility index (Phi) is 6.81. The summed E-state index contributed by atoms with van der Waals surface area (Å²) in [6, 6.07) is 0. The monoisotopic (exact) mass is 266 g/mol. The molecule has 0 unspecified atom stereocenters. The van der Waals surface area contributed by atoms with Gasteiger partial charge >= 0.3 is 5.97 Å². The molecule has 1 aromatic heterocycles. The van der Waals surface area contributed by atoms with Crippen LogP contribution in [0.1, 0.15) is 36.3 Å². The Morgan fingerprint density at radius 1 is 1.32 bits per heavy atom. The highest BCUT2D eigenvalue weighted by atomic mass is 16.5. The summed E-state index contributed by atoms with van der Waals surface area (Å²) in [5, 5.41) is 6.38. The van der Waals surface area contributed by atoms with Crippen molar-refractivity contribution in [1.82, 2.24) is 15.3 Å². The standard InChI is InChI=1S/C13H22N4O2/c1-4-6-14-7-8-15-13-16-9-11(10(3)17-13)12(18)19-5-2/h9,14H,4-8H2,1-3H3,(H,15,16,17). The van der Waals surface area contributed by atoms with Crippen LogP contribution in [0.25, 0.3) is 0 Å². The lowest BCUT2D eigenvalue weighted by Gasteiger charge is -2.08. The van der Waals surface area contributed by atoms with E-state index >= 15 is 0 Å². The molecule has 6 heteroatoms. The van der Waals surface area contributed by atoms with Crippen LogP contribution in [0.3, 0.4) is 0 Å². The number of nitrogens with one attached hydrogen (secondary N) is 2. The number of carbonyl (C=O) groups is 1. The zero-order valence-corrected chi connectivity index (χ0v) is 11.8. The lowest BCUT2D eigenvalue weighted by Crippen LogP contribution is -2.23. The topological polar surface area (TPSA) is 76.1 Å². The summed E-state index contributed by atoms with van der Waals surface area (Å²) < 4.78 is 4.92. The summed E-state index contributed by atoms with van der Waals surface area (Å²) >= 11 is 0. The lowest BCUT2D eigenvalue weighted by molar-refractivity contribution is 0.0524. The molecule has 6 nitrogen and oxygen atoms in total. The van der Waals surface area contributed by atoms with E-state index in [1.54, 1.807) is 13.8 Å². The van der Waals surface area contributed by atoms with Crippen LogP contribution in [0, 0.1) is 6.92 Å². The molecule has 0 amide bonds. The molecular formula is C13H22N4O2. The number of rotatable bonds is 8. The zero-order valence-electron chi connectivity index (χ0n) is 11.8. The normalized spacial score (nSPS) is 10.3. The average Bonchev–Trinajstić information content (AvgIpc) is 2.39. The van der Waals surface area contributed by atoms with E-state index in [9.17, 15) is 4.79 Å². The summed E-state index contributed by atoms with van der Waals surface area (Å²) in [7, 11) is 0. The van der Waals surface area contributed by atoms with Gasteiger partial charge in [-0.3, -0.25) is 0 Å². The van der Waals surface area contributed by atoms with Crippen LogP contribution in [0.4, 0.5) is 5.95 Å². The minimum atomic E-state index is -0.379. The zero-order chi connectivity index (χ0) is 14.1. The van der Waals surface area contributed by atoms with Crippen LogP contribution in [0.2, 0.25) is 0 Å². The Bertz CT molecular complexity index is 410. The van der Waals surface area contributed by atoms with Crippen LogP contribution < -0.4 is 10.6 Å². The summed E-state index contributed by atoms with van der Waals surface area (Å²) in [4.78, 5) is 19.9. The van der Waals surface area contributed by atoms with Gasteiger partial charge in [0.05, 0.1) is 17.9 Å². The van der Waals surface area contributed by atoms with Crippen molar-refractivity contribution in [3.63, 3.8) is 0 Å². The Balaban J connectivity index is 2.49. The summed E-state index contributed by atoms with van der Waals surface area (Å²) in [6.07, 6.45) is 2.62. The maximum atomic E-state index is 11.6. The number of hydrogen-bond donors (Lipinski definition) is 2. The second-order valence-electron chi connectivity index (χ2n) is 4.09. The molecule has 19 heavy (non-hydrogen) atoms. The Morgan fingerprint density at radius 3 is 2.74 bits per heavy atom. The fourth-order valence-corrected chi connectivity index (χ4v) is 1.53. The van der Waals surface area contributed by atoms with E-state index in [0.29, 0.717) is 23.8 Å². The quantitative estimate of drug-likeness (QED) is 0.547. The molecule has 106 valence electrons. The highest BCUT2D eigenvalue weighted by Gasteiger charge is 2.12. The SMILES string of the molecule is CCCNCCNc1ncc(C(=O)OCC)c(C)n1. The van der Waals surface area contributed by atoms with Crippen LogP contribution >= 0.6 is 0 Å². The molecule has 0 aliphatic rings. The van der Waals surface area contributed by atoms with E-state index in [1.807, 2.05) is 0 Å². The minimum absolute atomic E-state index is 0.349. The third-order valence-corrected chi connectivity index (χ3v) is 2.49. The van der Waals surface area contributed by atoms with Gasteiger partial charge in [0.25, 0.3) is 0 Å². The first kappa shape index (κ1) is 15.4. The number of carbonyl (C=O) groups excluding carboxylic acids is 1. The Labute approximate surface area is 114 Å². The van der Waals surface area contributed by atoms with Gasteiger partial charge in [0.1, 0.15) is 0 Å². The third-order valence-electron chi connectivity index (χ3n) is 2.49. The number of aryl methyl sites for hydroxylation is 1. The van der Waals surface area contributed by atoms with Crippen molar-refractivity contribution in [2.75, 3.05) is 31.6 Å². The van der Waals surface area contributed by atoms with Crippen molar-refractivity contribution < 1.29 is 9.53 Å². The molecule has 1 aromatic rings. The fourth-order valence-electron chi connectivity index (χ4n) is 1.53. The smallest absolute Gasteiger partial charge is 0.341 e. The van der Waals surface area contributed by atoms with E-state index < -0.39 is 0 Å². The van der Waals surface area contributed by atoms with Gasteiger partial charge in [0, 0.05) is 19.3 Å². The van der Waals surface area contributed by atoms with Gasteiger partial charge in [0.15, 0.2) is 0 Å². The number of hydrogen-bond acceptors (Lipinski definition) is 6. The van der Waals surface area contributed by atoms with E-state index in [1.165, 1.54) is 6.20 Å². The van der Waals surface area contributed by atoms with Gasteiger partial charge in [-0.2, -0.15) is 0 Å². The number of ether oxygens (including phenoxy) is 1. The van der Waals surface area contributed by atoms with Gasteiger partial charge in [-0.15, -0.1) is 0 Å². The van der Waals surface area contributed by atoms with Crippen molar-refractivity contribution >= 4 is 11.9 Å². The first-order chi connectivity index (χ1) is 9.19. The summed E-state index contributed by atoms with van der Waals surface area (Å²) in [5.74, 6) is 0.153. The molecule has 0 aliphatic carbocycles. The van der Waals surface area contributed by atoms with E-state index in [0.717, 1.165) is 26.1 Å². The van der Waals surface area contributed by atoms with Crippen LogP contribution in [0.5, 0.6) is 0 Å². The minimum Gasteiger partial charge on any atom is -0.462 e. The van der Waals surface area contributed by atoms with E-state index in [4.69, 9.17) is 4.74 Å². The molecule has 0 radical (unpaired) electrons. The molecule has 2 N–H and O–H groups in total. The lowest BCUT2D eigenvalue weighted by atomic mass is 10.2. The highest BCUT2D eigenvalue weighted by molar-refractivity contribution is 5.90. The predicted molar refractivity (Wildman–Crippen MR) is 74.4 cm³/mol. The Morgan fingerprint density at radius 2 is 2.11 bits per heavy atom. The summed E-state index contributed by atoms with van der Waals surface area (Å²) in [5.41, 5.74) is 1.04. The maximum absolute atomic E-state index is 11.6. The number of anilines is 1. The van der Waals surface area contributed by atoms with Crippen molar-refractivity contribution in [1.29, 1.82) is 0 Å². The van der Waals surface area contributed by atoms with Crippen molar-refractivity contribution in [3.8, 4) is 0 Å². The molecule has 1 rings (SSSR count). The molecule has 1 heterocycles. The van der Waals surface area contributed by atoms with Crippen molar-refractivity contribution in [2.45, 2.75) is 27.2 Å². The molecule has 0 aliphatic heterocycles. The number of esters is 1. The van der Waals surface area contributed by atoms with Crippen molar-refractivity contribution in [2.24, 2.45) is 0 Å². The second kappa shape index (κ2) is 8.42. The molecule has 0 aromatic carbocycles. The molecular weight excluding hydrogens is 244 g/mol. The third kappa shape index (κ3) is 5.21. The Hall–Kier alpha value is -1.69. The first-order valence-corrected chi connectivity index (χ1v) is 6.64. The van der Waals surface area contributed by atoms with Crippen LogP contribution in [-0.2, 0) is 4.74 Å². The van der Waals surface area contributed by atoms with Gasteiger partial charge in [-0.25, -0.2) is 14.8 Å². The molecule has 0 saturated heterocycles. The van der Waals surface area contributed by atoms with Gasteiger partial charge in [-0.05, 0) is 26.8 Å². The number of nitrogens with zero attached hydrogens (tertiary/aromatic N) is 2. The molecule has 0 atom stereocenters. The molecule has 0 spiro atoms. The maximum Gasteiger partial charge on any atom is 0.341 e. The van der Waals surface area contributed by atoms with Gasteiger partial charge in [0.2, 0.25) is 5.95 Å². The van der Waals surface area contributed by atoms with E-state index in [-0.39, 0.29) is 5.97 Å². The fraction of sp³-hybridized carbons (Fsp3) is 0.615. The summed E-state index contributed by atoms with van der Waals surface area (Å²) in [6.45, 7) is 8.63. The first-order valence-electron chi connectivity index (χ1n) is 6.64. The molecule has 0 saturated carbocycles. The van der Waals surface area contributed by atoms with Crippen LogP contribution in [0.15, 0.2) is 6.20 Å². The molecule has 0 fully saturated rings. The van der Waals surface area contributed by atoms with Crippen molar-refractivity contribution in [3.05, 3.63) is 17.5 Å². The largest absolute Gasteiger partial charge is 0.462 e.